The second-order valence-electron chi connectivity index (χ2n) is 6.21. The number of fused-ring (bicyclic) bond motifs is 1. The van der Waals surface area contributed by atoms with E-state index in [-0.39, 0.29) is 12.5 Å². The number of H-pyrrole nitrogens is 1. The van der Waals surface area contributed by atoms with Crippen molar-refractivity contribution in [2.45, 2.75) is 19.4 Å². The fourth-order valence-corrected chi connectivity index (χ4v) is 4.40. The highest BCUT2D eigenvalue weighted by atomic mass is 32.2. The second kappa shape index (κ2) is 7.69. The first-order valence-electron chi connectivity index (χ1n) is 8.28. The molecule has 25 heavy (non-hydrogen) atoms. The summed E-state index contributed by atoms with van der Waals surface area (Å²) in [5.74, 6) is 1.53. The number of rotatable bonds is 7. The zero-order valence-corrected chi connectivity index (χ0v) is 15.3. The number of piperidine rings is 1. The van der Waals surface area contributed by atoms with Crippen LogP contribution in [0, 0.1) is 5.92 Å². The Balaban J connectivity index is 1.65. The van der Waals surface area contributed by atoms with Crippen LogP contribution in [0.2, 0.25) is 0 Å². The van der Waals surface area contributed by atoms with Crippen LogP contribution in [0.1, 0.15) is 18.7 Å². The van der Waals surface area contributed by atoms with Gasteiger partial charge in [-0.25, -0.2) is 4.98 Å². The standard InChI is InChI=1S/C16H24N4O4S/c1-23-11-12-4-3-7-20(10-12)25(21,22)17-9-16-18-14-6-5-13(24-2)8-15(14)19-16/h5-6,8,12,17H,3-4,7,9-11H2,1-2H3,(H,18,19)/t12-/m0/s1. The molecule has 0 amide bonds. The topological polar surface area (TPSA) is 96.6 Å². The number of methoxy groups -OCH3 is 2. The molecular weight excluding hydrogens is 344 g/mol. The van der Waals surface area contributed by atoms with Gasteiger partial charge in [0.1, 0.15) is 11.6 Å². The van der Waals surface area contributed by atoms with E-state index in [1.54, 1.807) is 14.2 Å². The molecule has 1 saturated heterocycles. The van der Waals surface area contributed by atoms with Crippen molar-refractivity contribution in [3.8, 4) is 5.75 Å². The fourth-order valence-electron chi connectivity index (χ4n) is 3.12. The fraction of sp³-hybridized carbons (Fsp3) is 0.562. The maximum absolute atomic E-state index is 12.5. The van der Waals surface area contributed by atoms with E-state index in [4.69, 9.17) is 9.47 Å². The van der Waals surface area contributed by atoms with Crippen LogP contribution in [0.4, 0.5) is 0 Å². The third-order valence-corrected chi connectivity index (χ3v) is 5.90. The average molecular weight is 368 g/mol. The number of hydrogen-bond donors (Lipinski definition) is 2. The number of nitrogens with one attached hydrogen (secondary N) is 2. The maximum Gasteiger partial charge on any atom is 0.279 e. The Bertz CT molecular complexity index is 819. The highest BCUT2D eigenvalue weighted by molar-refractivity contribution is 7.87. The number of aromatic nitrogens is 2. The molecule has 3 rings (SSSR count). The smallest absolute Gasteiger partial charge is 0.279 e. The number of hydrogen-bond acceptors (Lipinski definition) is 5. The van der Waals surface area contributed by atoms with Crippen LogP contribution >= 0.6 is 0 Å². The molecule has 1 aliphatic rings. The molecule has 9 heteroatoms. The normalized spacial score (nSPS) is 19.4. The van der Waals surface area contributed by atoms with Gasteiger partial charge in [0.05, 0.1) is 31.3 Å². The van der Waals surface area contributed by atoms with Crippen LogP contribution in [-0.4, -0.2) is 56.6 Å². The van der Waals surface area contributed by atoms with E-state index in [2.05, 4.69) is 14.7 Å². The van der Waals surface area contributed by atoms with Gasteiger partial charge in [0.25, 0.3) is 10.2 Å². The zero-order valence-electron chi connectivity index (χ0n) is 14.5. The van der Waals surface area contributed by atoms with Crippen molar-refractivity contribution < 1.29 is 17.9 Å². The van der Waals surface area contributed by atoms with Gasteiger partial charge in [-0.05, 0) is 30.9 Å². The summed E-state index contributed by atoms with van der Waals surface area (Å²) in [4.78, 5) is 7.52. The molecule has 2 aromatic rings. The van der Waals surface area contributed by atoms with Gasteiger partial charge in [-0.1, -0.05) is 0 Å². The molecule has 0 bridgehead atoms. The number of ether oxygens (including phenoxy) is 2. The lowest BCUT2D eigenvalue weighted by Crippen LogP contribution is -2.46. The maximum atomic E-state index is 12.5. The molecule has 0 saturated carbocycles. The van der Waals surface area contributed by atoms with E-state index < -0.39 is 10.2 Å². The van der Waals surface area contributed by atoms with Crippen LogP contribution in [0.5, 0.6) is 5.75 Å². The van der Waals surface area contributed by atoms with Gasteiger partial charge in [0, 0.05) is 26.3 Å². The van der Waals surface area contributed by atoms with Gasteiger partial charge in [0.15, 0.2) is 0 Å². The molecule has 8 nitrogen and oxygen atoms in total. The van der Waals surface area contributed by atoms with E-state index in [1.165, 1.54) is 4.31 Å². The van der Waals surface area contributed by atoms with Crippen molar-refractivity contribution in [1.29, 1.82) is 0 Å². The lowest BCUT2D eigenvalue weighted by atomic mass is 10.0. The quantitative estimate of drug-likeness (QED) is 0.767. The third-order valence-electron chi connectivity index (χ3n) is 4.38. The highest BCUT2D eigenvalue weighted by Gasteiger charge is 2.28. The lowest BCUT2D eigenvalue weighted by molar-refractivity contribution is 0.118. The minimum atomic E-state index is -3.54. The first-order valence-corrected chi connectivity index (χ1v) is 9.72. The molecule has 1 aliphatic heterocycles. The Morgan fingerprint density at radius 3 is 3.00 bits per heavy atom. The summed E-state index contributed by atoms with van der Waals surface area (Å²) in [6.45, 7) is 1.72. The molecule has 138 valence electrons. The predicted octanol–water partition coefficient (Wildman–Crippen LogP) is 1.26. The molecule has 0 radical (unpaired) electrons. The highest BCUT2D eigenvalue weighted by Crippen LogP contribution is 2.20. The van der Waals surface area contributed by atoms with Gasteiger partial charge >= 0.3 is 0 Å². The summed E-state index contributed by atoms with van der Waals surface area (Å²) >= 11 is 0. The van der Waals surface area contributed by atoms with Crippen molar-refractivity contribution in [2.24, 2.45) is 5.92 Å². The summed E-state index contributed by atoms with van der Waals surface area (Å²) in [5.41, 5.74) is 1.58. The Labute approximate surface area is 147 Å². The van der Waals surface area contributed by atoms with Crippen LogP contribution in [-0.2, 0) is 21.5 Å². The summed E-state index contributed by atoms with van der Waals surface area (Å²) in [6.07, 6.45) is 1.84. The van der Waals surface area contributed by atoms with Crippen LogP contribution in [0.25, 0.3) is 11.0 Å². The lowest BCUT2D eigenvalue weighted by Gasteiger charge is -2.31. The first-order chi connectivity index (χ1) is 12.0. The van der Waals surface area contributed by atoms with Crippen molar-refractivity contribution in [2.75, 3.05) is 33.9 Å². The van der Waals surface area contributed by atoms with Gasteiger partial charge in [-0.15, -0.1) is 0 Å². The minimum Gasteiger partial charge on any atom is -0.497 e. The summed E-state index contributed by atoms with van der Waals surface area (Å²) < 4.78 is 39.5. The number of aromatic amines is 1. The van der Waals surface area contributed by atoms with Crippen molar-refractivity contribution >= 4 is 21.2 Å². The number of benzene rings is 1. The SMILES string of the molecule is COC[C@H]1CCCN(S(=O)(=O)NCc2nc3ccc(OC)cc3[nH]2)C1. The molecule has 1 aromatic heterocycles. The van der Waals surface area contributed by atoms with Crippen LogP contribution in [0.3, 0.4) is 0 Å². The van der Waals surface area contributed by atoms with Gasteiger partial charge in [-0.2, -0.15) is 17.4 Å². The first kappa shape index (κ1) is 18.1. The molecule has 2 heterocycles. The van der Waals surface area contributed by atoms with Crippen molar-refractivity contribution in [3.63, 3.8) is 0 Å². The Kier molecular flexibility index (Phi) is 5.57. The summed E-state index contributed by atoms with van der Waals surface area (Å²) in [5, 5.41) is 0. The second-order valence-corrected chi connectivity index (χ2v) is 7.97. The van der Waals surface area contributed by atoms with Gasteiger partial charge < -0.3 is 14.5 Å². The van der Waals surface area contributed by atoms with E-state index in [0.717, 1.165) is 29.6 Å². The summed E-state index contributed by atoms with van der Waals surface area (Å²) in [7, 11) is -0.300. The Morgan fingerprint density at radius 2 is 2.24 bits per heavy atom. The van der Waals surface area contributed by atoms with Gasteiger partial charge in [-0.3, -0.25) is 0 Å². The molecule has 2 N–H and O–H groups in total. The average Bonchev–Trinajstić information content (AvgIpc) is 3.02. The summed E-state index contributed by atoms with van der Waals surface area (Å²) in [6, 6.07) is 5.49. The zero-order chi connectivity index (χ0) is 17.9. The molecule has 1 atom stereocenters. The Hall–Kier alpha value is -1.68. The number of nitrogens with zero attached hydrogens (tertiary/aromatic N) is 2. The van der Waals surface area contributed by atoms with Crippen LogP contribution < -0.4 is 9.46 Å². The molecule has 0 spiro atoms. The van der Waals surface area contributed by atoms with E-state index in [0.29, 0.717) is 25.5 Å². The van der Waals surface area contributed by atoms with Crippen molar-refractivity contribution in [3.05, 3.63) is 24.0 Å². The molecule has 0 unspecified atom stereocenters. The largest absolute Gasteiger partial charge is 0.497 e. The molecule has 1 fully saturated rings. The Morgan fingerprint density at radius 1 is 1.40 bits per heavy atom. The monoisotopic (exact) mass is 368 g/mol. The molecule has 0 aliphatic carbocycles. The van der Waals surface area contributed by atoms with Gasteiger partial charge in [0.2, 0.25) is 0 Å². The third kappa shape index (κ3) is 4.30. The molecule has 1 aromatic carbocycles. The molecular formula is C16H24N4O4S. The predicted molar refractivity (Wildman–Crippen MR) is 94.6 cm³/mol. The van der Waals surface area contributed by atoms with Crippen LogP contribution in [0.15, 0.2) is 18.2 Å². The van der Waals surface area contributed by atoms with E-state index in [1.807, 2.05) is 18.2 Å². The number of imidazole rings is 1. The van der Waals surface area contributed by atoms with Crippen molar-refractivity contribution in [1.82, 2.24) is 19.0 Å². The minimum absolute atomic E-state index is 0.116. The van der Waals surface area contributed by atoms with E-state index >= 15 is 0 Å². The van der Waals surface area contributed by atoms with E-state index in [9.17, 15) is 8.42 Å².